The van der Waals surface area contributed by atoms with Crippen LogP contribution in [0, 0.1) is 11.8 Å². The third-order valence-electron chi connectivity index (χ3n) is 5.00. The van der Waals surface area contributed by atoms with Crippen LogP contribution in [0.3, 0.4) is 0 Å². The molecule has 2 aromatic rings. The minimum Gasteiger partial charge on any atom is -0.481 e. The van der Waals surface area contributed by atoms with Gasteiger partial charge in [0.15, 0.2) is 0 Å². The first kappa shape index (κ1) is 16.2. The molecule has 0 spiro atoms. The van der Waals surface area contributed by atoms with Crippen molar-refractivity contribution >= 4 is 11.9 Å². The second-order valence-electron chi connectivity index (χ2n) is 6.47. The Morgan fingerprint density at radius 2 is 1.38 bits per heavy atom. The van der Waals surface area contributed by atoms with Crippen molar-refractivity contribution in [3.8, 4) is 0 Å². The van der Waals surface area contributed by atoms with E-state index in [9.17, 15) is 14.7 Å². The Hall–Kier alpha value is -2.62. The normalized spacial score (nSPS) is 20.0. The molecule has 1 aliphatic rings. The highest BCUT2D eigenvalue weighted by Gasteiger charge is 2.43. The quantitative estimate of drug-likeness (QED) is 0.888. The fourth-order valence-corrected chi connectivity index (χ4v) is 3.30. The van der Waals surface area contributed by atoms with Crippen LogP contribution >= 0.6 is 0 Å². The number of carbonyl (C=O) groups excluding carboxylic acids is 1. The van der Waals surface area contributed by atoms with Gasteiger partial charge in [0.1, 0.15) is 0 Å². The molecular weight excluding hydrogens is 302 g/mol. The molecule has 1 amide bonds. The fourth-order valence-electron chi connectivity index (χ4n) is 3.30. The van der Waals surface area contributed by atoms with Crippen LogP contribution in [0.4, 0.5) is 0 Å². The summed E-state index contributed by atoms with van der Waals surface area (Å²) in [6, 6.07) is 19.5. The Labute approximate surface area is 141 Å². The summed E-state index contributed by atoms with van der Waals surface area (Å²) in [4.78, 5) is 24.0. The van der Waals surface area contributed by atoms with Crippen LogP contribution in [0.1, 0.15) is 30.9 Å². The maximum atomic E-state index is 12.7. The number of carbonyl (C=O) groups is 2. The van der Waals surface area contributed by atoms with E-state index in [-0.39, 0.29) is 5.91 Å². The number of aliphatic carboxylic acids is 1. The van der Waals surface area contributed by atoms with Crippen LogP contribution < -0.4 is 5.32 Å². The van der Waals surface area contributed by atoms with Gasteiger partial charge in [-0.3, -0.25) is 9.59 Å². The second kappa shape index (κ2) is 6.48. The molecule has 4 heteroatoms. The van der Waals surface area contributed by atoms with E-state index in [0.717, 1.165) is 11.1 Å². The standard InChI is InChI=1S/C20H21NO3/c1-20(14-8-4-2-5-9-14,15-10-6-3-7-11-15)21-18(22)16-12-13-17(16)19(23)24/h2-11,16-17H,12-13H2,1H3,(H,21,22)(H,23,24). The number of carboxylic acid groups (broad SMARTS) is 1. The molecular formula is C20H21NO3. The average molecular weight is 323 g/mol. The van der Waals surface area contributed by atoms with Gasteiger partial charge < -0.3 is 10.4 Å². The molecule has 2 N–H and O–H groups in total. The van der Waals surface area contributed by atoms with E-state index in [1.165, 1.54) is 0 Å². The zero-order chi connectivity index (χ0) is 17.2. The molecule has 0 heterocycles. The molecule has 0 saturated heterocycles. The van der Waals surface area contributed by atoms with Crippen LogP contribution in [-0.4, -0.2) is 17.0 Å². The van der Waals surface area contributed by atoms with Crippen molar-refractivity contribution in [2.45, 2.75) is 25.3 Å². The van der Waals surface area contributed by atoms with Gasteiger partial charge in [0, 0.05) is 0 Å². The summed E-state index contributed by atoms with van der Waals surface area (Å²) in [6.07, 6.45) is 1.20. The van der Waals surface area contributed by atoms with Gasteiger partial charge in [-0.25, -0.2) is 0 Å². The maximum absolute atomic E-state index is 12.7. The molecule has 1 saturated carbocycles. The van der Waals surface area contributed by atoms with Gasteiger partial charge in [-0.15, -0.1) is 0 Å². The lowest BCUT2D eigenvalue weighted by Crippen LogP contribution is -2.51. The molecule has 124 valence electrons. The van der Waals surface area contributed by atoms with Crippen LogP contribution in [0.15, 0.2) is 60.7 Å². The van der Waals surface area contributed by atoms with Crippen LogP contribution in [0.2, 0.25) is 0 Å². The monoisotopic (exact) mass is 323 g/mol. The number of rotatable bonds is 5. The van der Waals surface area contributed by atoms with Gasteiger partial charge in [-0.2, -0.15) is 0 Å². The number of amides is 1. The lowest BCUT2D eigenvalue weighted by molar-refractivity contribution is -0.153. The Balaban J connectivity index is 1.92. The summed E-state index contributed by atoms with van der Waals surface area (Å²) in [5, 5.41) is 12.3. The first-order valence-electron chi connectivity index (χ1n) is 8.18. The van der Waals surface area contributed by atoms with Crippen molar-refractivity contribution in [2.24, 2.45) is 11.8 Å². The smallest absolute Gasteiger partial charge is 0.307 e. The molecule has 0 aromatic heterocycles. The van der Waals surface area contributed by atoms with Crippen molar-refractivity contribution in [2.75, 3.05) is 0 Å². The Kier molecular flexibility index (Phi) is 4.38. The molecule has 0 bridgehead atoms. The van der Waals surface area contributed by atoms with Gasteiger partial charge in [-0.1, -0.05) is 60.7 Å². The summed E-state index contributed by atoms with van der Waals surface area (Å²) in [6.45, 7) is 1.96. The largest absolute Gasteiger partial charge is 0.481 e. The van der Waals surface area contributed by atoms with Gasteiger partial charge in [0.05, 0.1) is 17.4 Å². The third-order valence-corrected chi connectivity index (χ3v) is 5.00. The molecule has 2 unspecified atom stereocenters. The summed E-state index contributed by atoms with van der Waals surface area (Å²) < 4.78 is 0. The van der Waals surface area contributed by atoms with Crippen LogP contribution in [-0.2, 0) is 15.1 Å². The summed E-state index contributed by atoms with van der Waals surface area (Å²) in [5.74, 6) is -2.10. The highest BCUT2D eigenvalue weighted by Crippen LogP contribution is 2.37. The van der Waals surface area contributed by atoms with Crippen molar-refractivity contribution in [3.05, 3.63) is 71.8 Å². The molecule has 1 fully saturated rings. The number of hydrogen-bond donors (Lipinski definition) is 2. The molecule has 3 rings (SSSR count). The summed E-state index contributed by atoms with van der Waals surface area (Å²) in [5.41, 5.74) is 1.24. The molecule has 0 radical (unpaired) electrons. The number of nitrogens with one attached hydrogen (secondary N) is 1. The summed E-state index contributed by atoms with van der Waals surface area (Å²) >= 11 is 0. The topological polar surface area (TPSA) is 66.4 Å². The SMILES string of the molecule is CC(NC(=O)C1CCC1C(=O)O)(c1ccccc1)c1ccccc1. The molecule has 1 aliphatic carbocycles. The maximum Gasteiger partial charge on any atom is 0.307 e. The van der Waals surface area contributed by atoms with Gasteiger partial charge in [-0.05, 0) is 30.9 Å². The van der Waals surface area contributed by atoms with Gasteiger partial charge >= 0.3 is 5.97 Å². The lowest BCUT2D eigenvalue weighted by atomic mass is 9.72. The zero-order valence-electron chi connectivity index (χ0n) is 13.6. The predicted octanol–water partition coefficient (Wildman–Crippen LogP) is 3.18. The number of hydrogen-bond acceptors (Lipinski definition) is 2. The van der Waals surface area contributed by atoms with E-state index < -0.39 is 23.3 Å². The third kappa shape index (κ3) is 2.92. The Bertz CT molecular complexity index is 688. The van der Waals surface area contributed by atoms with Crippen molar-refractivity contribution in [3.63, 3.8) is 0 Å². The Morgan fingerprint density at radius 3 is 1.75 bits per heavy atom. The average Bonchev–Trinajstić information content (AvgIpc) is 2.54. The highest BCUT2D eigenvalue weighted by atomic mass is 16.4. The fraction of sp³-hybridized carbons (Fsp3) is 0.300. The van der Waals surface area contributed by atoms with E-state index in [0.29, 0.717) is 12.8 Å². The van der Waals surface area contributed by atoms with Crippen molar-refractivity contribution in [1.29, 1.82) is 0 Å². The molecule has 2 atom stereocenters. The first-order valence-corrected chi connectivity index (χ1v) is 8.18. The van der Waals surface area contributed by atoms with Crippen LogP contribution in [0.5, 0.6) is 0 Å². The molecule has 0 aliphatic heterocycles. The predicted molar refractivity (Wildman–Crippen MR) is 91.3 cm³/mol. The molecule has 24 heavy (non-hydrogen) atoms. The minimum atomic E-state index is -0.887. The molecule has 4 nitrogen and oxygen atoms in total. The highest BCUT2D eigenvalue weighted by molar-refractivity contribution is 5.87. The van der Waals surface area contributed by atoms with Crippen molar-refractivity contribution < 1.29 is 14.7 Å². The van der Waals surface area contributed by atoms with Crippen molar-refractivity contribution in [1.82, 2.24) is 5.32 Å². The number of benzene rings is 2. The first-order chi connectivity index (χ1) is 11.5. The van der Waals surface area contributed by atoms with Crippen LogP contribution in [0.25, 0.3) is 0 Å². The molecule has 2 aromatic carbocycles. The number of carboxylic acids is 1. The zero-order valence-corrected chi connectivity index (χ0v) is 13.6. The Morgan fingerprint density at radius 1 is 0.917 bits per heavy atom. The van der Waals surface area contributed by atoms with E-state index >= 15 is 0 Å². The summed E-state index contributed by atoms with van der Waals surface area (Å²) in [7, 11) is 0. The van der Waals surface area contributed by atoms with E-state index in [1.54, 1.807) is 0 Å². The van der Waals surface area contributed by atoms with E-state index in [1.807, 2.05) is 67.6 Å². The minimum absolute atomic E-state index is 0.191. The van der Waals surface area contributed by atoms with E-state index in [2.05, 4.69) is 5.32 Å². The van der Waals surface area contributed by atoms with E-state index in [4.69, 9.17) is 0 Å². The second-order valence-corrected chi connectivity index (χ2v) is 6.47. The lowest BCUT2D eigenvalue weighted by Gasteiger charge is -2.38. The van der Waals surface area contributed by atoms with Gasteiger partial charge in [0.2, 0.25) is 5.91 Å². The van der Waals surface area contributed by atoms with Gasteiger partial charge in [0.25, 0.3) is 0 Å².